The topological polar surface area (TPSA) is 46.6 Å². The third-order valence-corrected chi connectivity index (χ3v) is 6.68. The minimum Gasteiger partial charge on any atom is -0.447 e. The zero-order valence-electron chi connectivity index (χ0n) is 14.2. The Hall–Kier alpha value is -2.10. The Balaban J connectivity index is 1.67. The summed E-state index contributed by atoms with van der Waals surface area (Å²) in [6, 6.07) is 9.65. The fourth-order valence-corrected chi connectivity index (χ4v) is 5.28. The van der Waals surface area contributed by atoms with E-state index in [-0.39, 0.29) is 11.3 Å². The molecule has 126 valence electrons. The van der Waals surface area contributed by atoms with Gasteiger partial charge in [0.15, 0.2) is 0 Å². The van der Waals surface area contributed by atoms with Crippen LogP contribution in [0, 0.1) is 17.3 Å². The number of rotatable bonds is 2. The molecule has 3 fully saturated rings. The second-order valence-electron chi connectivity index (χ2n) is 7.83. The Bertz CT molecular complexity index is 709. The summed E-state index contributed by atoms with van der Waals surface area (Å²) in [7, 11) is 0. The van der Waals surface area contributed by atoms with Gasteiger partial charge in [-0.3, -0.25) is 4.79 Å². The van der Waals surface area contributed by atoms with Crippen LogP contribution in [0.25, 0.3) is 6.08 Å². The molecule has 4 rings (SSSR count). The van der Waals surface area contributed by atoms with Crippen molar-refractivity contribution in [3.63, 3.8) is 0 Å². The van der Waals surface area contributed by atoms with Crippen molar-refractivity contribution in [2.24, 2.45) is 17.3 Å². The van der Waals surface area contributed by atoms with Gasteiger partial charge < -0.3 is 4.74 Å². The highest BCUT2D eigenvalue weighted by Crippen LogP contribution is 2.65. The Morgan fingerprint density at radius 1 is 1.21 bits per heavy atom. The number of benzene rings is 1. The number of imide groups is 1. The van der Waals surface area contributed by atoms with Crippen LogP contribution in [0.5, 0.6) is 0 Å². The van der Waals surface area contributed by atoms with E-state index in [9.17, 15) is 9.59 Å². The second-order valence-corrected chi connectivity index (χ2v) is 7.83. The van der Waals surface area contributed by atoms with Crippen molar-refractivity contribution in [1.82, 2.24) is 4.90 Å². The molecule has 2 aliphatic carbocycles. The van der Waals surface area contributed by atoms with Crippen LogP contribution < -0.4 is 0 Å². The molecule has 1 heterocycles. The molecule has 3 atom stereocenters. The third kappa shape index (κ3) is 1.92. The molecule has 3 aliphatic rings. The number of nitrogens with zero attached hydrogens (tertiary/aromatic N) is 1. The number of ether oxygens (including phenoxy) is 1. The molecule has 0 aromatic heterocycles. The van der Waals surface area contributed by atoms with E-state index in [4.69, 9.17) is 4.74 Å². The minimum absolute atomic E-state index is 0.0989. The zero-order chi connectivity index (χ0) is 16.9. The lowest BCUT2D eigenvalue weighted by atomic mass is 9.63. The number of amides is 2. The van der Waals surface area contributed by atoms with Crippen molar-refractivity contribution < 1.29 is 14.3 Å². The predicted octanol–water partition coefficient (Wildman–Crippen LogP) is 3.87. The first-order valence-electron chi connectivity index (χ1n) is 8.71. The first-order chi connectivity index (χ1) is 11.5. The normalized spacial score (nSPS) is 33.6. The summed E-state index contributed by atoms with van der Waals surface area (Å²) in [6.45, 7) is 4.73. The average Bonchev–Trinajstić information content (AvgIpc) is 3.23. The molecule has 2 bridgehead atoms. The van der Waals surface area contributed by atoms with Crippen LogP contribution in [0.4, 0.5) is 4.79 Å². The van der Waals surface area contributed by atoms with Gasteiger partial charge in [0.25, 0.3) is 5.91 Å². The van der Waals surface area contributed by atoms with Crippen LogP contribution in [0.1, 0.15) is 38.7 Å². The van der Waals surface area contributed by atoms with Gasteiger partial charge in [0.1, 0.15) is 6.61 Å². The van der Waals surface area contributed by atoms with Crippen molar-refractivity contribution in [2.75, 3.05) is 6.61 Å². The highest BCUT2D eigenvalue weighted by atomic mass is 16.6. The van der Waals surface area contributed by atoms with E-state index in [1.54, 1.807) is 6.08 Å². The van der Waals surface area contributed by atoms with Gasteiger partial charge in [0, 0.05) is 6.08 Å². The van der Waals surface area contributed by atoms with E-state index in [0.29, 0.717) is 18.4 Å². The molecule has 0 unspecified atom stereocenters. The van der Waals surface area contributed by atoms with E-state index in [0.717, 1.165) is 18.4 Å². The quantitative estimate of drug-likeness (QED) is 0.775. The summed E-state index contributed by atoms with van der Waals surface area (Å²) in [4.78, 5) is 26.7. The standard InChI is InChI=1S/C20H23NO3/c1-19(2)15-9-10-16(12-15)20(19)13-24-18(23)21(20)17(22)11-8-14-6-4-3-5-7-14/h3-8,11,15-16H,9-10,12-13H2,1-2H3/b11-8+/t15-,16+,20-/m0/s1. The van der Waals surface area contributed by atoms with Crippen LogP contribution in [0.15, 0.2) is 36.4 Å². The summed E-state index contributed by atoms with van der Waals surface area (Å²) in [5.41, 5.74) is 0.364. The van der Waals surface area contributed by atoms with Crippen molar-refractivity contribution in [2.45, 2.75) is 38.6 Å². The van der Waals surface area contributed by atoms with Crippen LogP contribution in [-0.4, -0.2) is 29.0 Å². The van der Waals surface area contributed by atoms with E-state index in [1.165, 1.54) is 17.4 Å². The minimum atomic E-state index is -0.488. The number of cyclic esters (lactones) is 1. The predicted molar refractivity (Wildman–Crippen MR) is 91.0 cm³/mol. The lowest BCUT2D eigenvalue weighted by Crippen LogP contribution is -2.62. The molecule has 2 saturated carbocycles. The Kier molecular flexibility index (Phi) is 3.34. The molecule has 1 spiro atoms. The summed E-state index contributed by atoms with van der Waals surface area (Å²) in [6.07, 6.45) is 6.15. The van der Waals surface area contributed by atoms with Gasteiger partial charge in [-0.25, -0.2) is 9.69 Å². The molecular formula is C20H23NO3. The van der Waals surface area contributed by atoms with Gasteiger partial charge in [-0.1, -0.05) is 44.2 Å². The molecule has 2 amide bonds. The Morgan fingerprint density at radius 2 is 1.92 bits per heavy atom. The Morgan fingerprint density at radius 3 is 2.58 bits per heavy atom. The fraction of sp³-hybridized carbons (Fsp3) is 0.500. The summed E-state index contributed by atoms with van der Waals surface area (Å²) >= 11 is 0. The summed E-state index contributed by atoms with van der Waals surface area (Å²) in [5, 5.41) is 0. The van der Waals surface area contributed by atoms with E-state index < -0.39 is 11.6 Å². The summed E-state index contributed by atoms with van der Waals surface area (Å²) < 4.78 is 5.40. The fourth-order valence-electron chi connectivity index (χ4n) is 5.28. The zero-order valence-corrected chi connectivity index (χ0v) is 14.2. The molecule has 1 saturated heterocycles. The molecule has 1 aliphatic heterocycles. The smallest absolute Gasteiger partial charge is 0.417 e. The molecule has 1 aromatic carbocycles. The monoisotopic (exact) mass is 325 g/mol. The molecule has 4 heteroatoms. The van der Waals surface area contributed by atoms with Gasteiger partial charge >= 0.3 is 6.09 Å². The van der Waals surface area contributed by atoms with Crippen molar-refractivity contribution in [3.05, 3.63) is 42.0 Å². The van der Waals surface area contributed by atoms with Gasteiger partial charge in [-0.2, -0.15) is 0 Å². The number of hydrogen-bond acceptors (Lipinski definition) is 3. The van der Waals surface area contributed by atoms with Crippen LogP contribution in [-0.2, 0) is 9.53 Å². The van der Waals surface area contributed by atoms with E-state index in [1.807, 2.05) is 30.3 Å². The Labute approximate surface area is 142 Å². The van der Waals surface area contributed by atoms with Crippen molar-refractivity contribution in [3.8, 4) is 0 Å². The van der Waals surface area contributed by atoms with Crippen LogP contribution in [0.2, 0.25) is 0 Å². The van der Waals surface area contributed by atoms with Gasteiger partial charge in [0.2, 0.25) is 0 Å². The third-order valence-electron chi connectivity index (χ3n) is 6.68. The van der Waals surface area contributed by atoms with Crippen molar-refractivity contribution in [1.29, 1.82) is 0 Å². The number of hydrogen-bond donors (Lipinski definition) is 0. The molecular weight excluding hydrogens is 302 g/mol. The highest BCUT2D eigenvalue weighted by molar-refractivity contribution is 6.02. The number of fused-ring (bicyclic) bond motifs is 3. The highest BCUT2D eigenvalue weighted by Gasteiger charge is 2.70. The maximum Gasteiger partial charge on any atom is 0.417 e. The van der Waals surface area contributed by atoms with Gasteiger partial charge in [0.05, 0.1) is 5.54 Å². The van der Waals surface area contributed by atoms with Gasteiger partial charge in [-0.15, -0.1) is 0 Å². The lowest BCUT2D eigenvalue weighted by molar-refractivity contribution is -0.132. The van der Waals surface area contributed by atoms with Crippen LogP contribution >= 0.6 is 0 Å². The summed E-state index contributed by atoms with van der Waals surface area (Å²) in [5.74, 6) is 0.658. The maximum atomic E-state index is 12.9. The maximum absolute atomic E-state index is 12.9. The van der Waals surface area contributed by atoms with E-state index >= 15 is 0 Å². The molecule has 1 aromatic rings. The first-order valence-corrected chi connectivity index (χ1v) is 8.71. The largest absolute Gasteiger partial charge is 0.447 e. The van der Waals surface area contributed by atoms with Crippen LogP contribution in [0.3, 0.4) is 0 Å². The van der Waals surface area contributed by atoms with Gasteiger partial charge in [-0.05, 0) is 48.2 Å². The number of carbonyl (C=O) groups is 2. The molecule has 4 nitrogen and oxygen atoms in total. The first kappa shape index (κ1) is 15.4. The van der Waals surface area contributed by atoms with E-state index in [2.05, 4.69) is 13.8 Å². The van der Waals surface area contributed by atoms with Crippen molar-refractivity contribution >= 4 is 18.1 Å². The second kappa shape index (κ2) is 5.20. The SMILES string of the molecule is CC1(C)[C@H]2CC[C@H](C2)[C@@]12COC(=O)N2C(=O)/C=C/c1ccccc1. The molecule has 0 radical (unpaired) electrons. The average molecular weight is 325 g/mol. The molecule has 0 N–H and O–H groups in total. The molecule has 24 heavy (non-hydrogen) atoms. The lowest BCUT2D eigenvalue weighted by Gasteiger charge is -2.49. The number of carbonyl (C=O) groups excluding carboxylic acids is 2.